The van der Waals surface area contributed by atoms with Crippen molar-refractivity contribution in [3.63, 3.8) is 0 Å². The van der Waals surface area contributed by atoms with E-state index in [0.717, 1.165) is 18.1 Å². The summed E-state index contributed by atoms with van der Waals surface area (Å²) in [6.07, 6.45) is 6.38. The van der Waals surface area contributed by atoms with Crippen LogP contribution in [0.2, 0.25) is 0 Å². The summed E-state index contributed by atoms with van der Waals surface area (Å²) in [4.78, 5) is 14.5. The molecular weight excluding hydrogens is 220 g/mol. The van der Waals surface area contributed by atoms with Crippen LogP contribution in [0.4, 0.5) is 0 Å². The van der Waals surface area contributed by atoms with Crippen LogP contribution in [0.15, 0.2) is 0 Å². The van der Waals surface area contributed by atoms with Crippen LogP contribution in [0.3, 0.4) is 0 Å². The largest absolute Gasteiger partial charge is 0.338 e. The van der Waals surface area contributed by atoms with Crippen molar-refractivity contribution in [2.24, 2.45) is 0 Å². The first-order valence-corrected chi connectivity index (χ1v) is 7.54. The number of hydrogen-bond acceptors (Lipinski definition) is 3. The van der Waals surface area contributed by atoms with E-state index in [1.807, 2.05) is 18.8 Å². The van der Waals surface area contributed by atoms with Crippen molar-refractivity contribution in [2.75, 3.05) is 25.1 Å². The van der Waals surface area contributed by atoms with Gasteiger partial charge >= 0.3 is 0 Å². The minimum atomic E-state index is 0.0365. The second-order valence-corrected chi connectivity index (χ2v) is 5.89. The Hall–Kier alpha value is -0.220. The number of carbonyl (C=O) groups excluding carboxylic acids is 1. The molecule has 0 aromatic heterocycles. The summed E-state index contributed by atoms with van der Waals surface area (Å²) in [6, 6.07) is 0.560. The topological polar surface area (TPSA) is 32.3 Å². The van der Waals surface area contributed by atoms with E-state index in [4.69, 9.17) is 0 Å². The maximum atomic E-state index is 12.3. The van der Waals surface area contributed by atoms with E-state index in [9.17, 15) is 4.79 Å². The third kappa shape index (κ3) is 2.72. The van der Waals surface area contributed by atoms with E-state index in [0.29, 0.717) is 11.9 Å². The third-order valence-electron chi connectivity index (χ3n) is 3.71. The van der Waals surface area contributed by atoms with Crippen molar-refractivity contribution in [3.05, 3.63) is 0 Å². The number of thioether (sulfide) groups is 1. The summed E-state index contributed by atoms with van der Waals surface area (Å²) < 4.78 is 0. The smallest absolute Gasteiger partial charge is 0.240 e. The zero-order valence-electron chi connectivity index (χ0n) is 10.1. The number of likely N-dealkylation sites (N-methyl/N-ethyl adjacent to an activating group) is 1. The lowest BCUT2D eigenvalue weighted by atomic mass is 9.94. The molecule has 0 radical (unpaired) electrons. The van der Waals surface area contributed by atoms with Gasteiger partial charge < -0.3 is 10.2 Å². The minimum absolute atomic E-state index is 0.0365. The van der Waals surface area contributed by atoms with Gasteiger partial charge in [0.15, 0.2) is 0 Å². The van der Waals surface area contributed by atoms with Gasteiger partial charge in [-0.3, -0.25) is 4.79 Å². The summed E-state index contributed by atoms with van der Waals surface area (Å²) in [5.74, 6) is 2.36. The number of nitrogens with one attached hydrogen (secondary N) is 1. The van der Waals surface area contributed by atoms with Crippen molar-refractivity contribution in [1.29, 1.82) is 0 Å². The fourth-order valence-electron chi connectivity index (χ4n) is 2.71. The predicted octanol–water partition coefficient (Wildman–Crippen LogP) is 1.48. The highest BCUT2D eigenvalue weighted by atomic mass is 32.2. The van der Waals surface area contributed by atoms with Gasteiger partial charge in [-0.2, -0.15) is 11.8 Å². The molecule has 0 aromatic rings. The molecule has 4 heteroatoms. The summed E-state index contributed by atoms with van der Waals surface area (Å²) in [5, 5.41) is 3.15. The van der Waals surface area contributed by atoms with Gasteiger partial charge in [-0.1, -0.05) is 19.3 Å². The Bertz CT molecular complexity index is 241. The molecule has 1 unspecified atom stereocenters. The van der Waals surface area contributed by atoms with E-state index in [1.54, 1.807) is 0 Å². The SMILES string of the molecule is CNC1CSCCN(C2CCCCC2)C1=O. The first-order valence-electron chi connectivity index (χ1n) is 6.38. The lowest BCUT2D eigenvalue weighted by Crippen LogP contribution is -2.50. The molecule has 1 amide bonds. The maximum absolute atomic E-state index is 12.3. The van der Waals surface area contributed by atoms with Crippen molar-refractivity contribution in [3.8, 4) is 0 Å². The molecule has 92 valence electrons. The molecule has 2 aliphatic rings. The van der Waals surface area contributed by atoms with Crippen molar-refractivity contribution < 1.29 is 4.79 Å². The van der Waals surface area contributed by atoms with E-state index in [1.165, 1.54) is 32.1 Å². The first-order chi connectivity index (χ1) is 7.83. The second kappa shape index (κ2) is 5.92. The van der Waals surface area contributed by atoms with Crippen LogP contribution in [-0.4, -0.2) is 48.0 Å². The Labute approximate surface area is 102 Å². The molecule has 1 aliphatic carbocycles. The molecule has 1 saturated heterocycles. The maximum Gasteiger partial charge on any atom is 0.240 e. The number of hydrogen-bond donors (Lipinski definition) is 1. The zero-order valence-corrected chi connectivity index (χ0v) is 10.9. The van der Waals surface area contributed by atoms with Gasteiger partial charge in [-0.05, 0) is 19.9 Å². The van der Waals surface area contributed by atoms with Crippen LogP contribution in [-0.2, 0) is 4.79 Å². The summed E-state index contributed by atoms with van der Waals surface area (Å²) in [6.45, 7) is 0.951. The van der Waals surface area contributed by atoms with Gasteiger partial charge in [0.25, 0.3) is 0 Å². The predicted molar refractivity (Wildman–Crippen MR) is 68.8 cm³/mol. The molecule has 0 aromatic carbocycles. The highest BCUT2D eigenvalue weighted by Crippen LogP contribution is 2.25. The Morgan fingerprint density at radius 3 is 2.75 bits per heavy atom. The van der Waals surface area contributed by atoms with Gasteiger partial charge in [0.05, 0.1) is 6.04 Å². The van der Waals surface area contributed by atoms with E-state index in [2.05, 4.69) is 10.2 Å². The van der Waals surface area contributed by atoms with Crippen molar-refractivity contribution >= 4 is 17.7 Å². The lowest BCUT2D eigenvalue weighted by molar-refractivity contribution is -0.135. The summed E-state index contributed by atoms with van der Waals surface area (Å²) in [7, 11) is 1.90. The van der Waals surface area contributed by atoms with Gasteiger partial charge in [0.1, 0.15) is 0 Å². The molecule has 1 N–H and O–H groups in total. The average Bonchev–Trinajstić information content (AvgIpc) is 2.52. The van der Waals surface area contributed by atoms with Crippen LogP contribution in [0, 0.1) is 0 Å². The molecule has 0 bridgehead atoms. The molecular formula is C12H22N2OS. The molecule has 2 fully saturated rings. The normalized spacial score (nSPS) is 29.2. The fraction of sp³-hybridized carbons (Fsp3) is 0.917. The van der Waals surface area contributed by atoms with Crippen LogP contribution in [0.25, 0.3) is 0 Å². The molecule has 1 saturated carbocycles. The van der Waals surface area contributed by atoms with E-state index in [-0.39, 0.29) is 6.04 Å². The molecule has 1 atom stereocenters. The van der Waals surface area contributed by atoms with Gasteiger partial charge in [-0.15, -0.1) is 0 Å². The molecule has 1 aliphatic heterocycles. The highest BCUT2D eigenvalue weighted by Gasteiger charge is 2.31. The minimum Gasteiger partial charge on any atom is -0.338 e. The van der Waals surface area contributed by atoms with Gasteiger partial charge in [-0.25, -0.2) is 0 Å². The second-order valence-electron chi connectivity index (χ2n) is 4.74. The molecule has 2 rings (SSSR count). The van der Waals surface area contributed by atoms with E-state index < -0.39 is 0 Å². The number of carbonyl (C=O) groups is 1. The van der Waals surface area contributed by atoms with Crippen molar-refractivity contribution in [2.45, 2.75) is 44.2 Å². The zero-order chi connectivity index (χ0) is 11.4. The summed E-state index contributed by atoms with van der Waals surface area (Å²) >= 11 is 1.89. The molecule has 3 nitrogen and oxygen atoms in total. The monoisotopic (exact) mass is 242 g/mol. The van der Waals surface area contributed by atoms with Crippen LogP contribution in [0.1, 0.15) is 32.1 Å². The lowest BCUT2D eigenvalue weighted by Gasteiger charge is -2.34. The third-order valence-corrected chi connectivity index (χ3v) is 4.75. The summed E-state index contributed by atoms with van der Waals surface area (Å²) in [5.41, 5.74) is 0. The first kappa shape index (κ1) is 12.2. The van der Waals surface area contributed by atoms with Crippen LogP contribution < -0.4 is 5.32 Å². The number of rotatable bonds is 2. The van der Waals surface area contributed by atoms with E-state index >= 15 is 0 Å². The number of amides is 1. The Morgan fingerprint density at radius 2 is 2.06 bits per heavy atom. The highest BCUT2D eigenvalue weighted by molar-refractivity contribution is 7.99. The Morgan fingerprint density at radius 1 is 1.31 bits per heavy atom. The Kier molecular flexibility index (Phi) is 4.53. The van der Waals surface area contributed by atoms with Crippen LogP contribution in [0.5, 0.6) is 0 Å². The van der Waals surface area contributed by atoms with Crippen molar-refractivity contribution in [1.82, 2.24) is 10.2 Å². The fourth-order valence-corrected chi connectivity index (χ4v) is 3.75. The molecule has 1 heterocycles. The van der Waals surface area contributed by atoms with Crippen LogP contribution >= 0.6 is 11.8 Å². The standard InChI is InChI=1S/C12H22N2OS/c1-13-11-9-16-8-7-14(12(11)15)10-5-3-2-4-6-10/h10-11,13H,2-9H2,1H3. The van der Waals surface area contributed by atoms with Gasteiger partial charge in [0.2, 0.25) is 5.91 Å². The molecule has 0 spiro atoms. The van der Waals surface area contributed by atoms with Gasteiger partial charge in [0, 0.05) is 24.1 Å². The average molecular weight is 242 g/mol. The Balaban J connectivity index is 2.02. The molecule has 16 heavy (non-hydrogen) atoms. The number of nitrogens with zero attached hydrogens (tertiary/aromatic N) is 1. The quantitative estimate of drug-likeness (QED) is 0.796.